The highest BCUT2D eigenvalue weighted by atomic mass is 79.9. The molecule has 0 aliphatic heterocycles. The van der Waals surface area contributed by atoms with Gasteiger partial charge in [0.1, 0.15) is 12.6 Å². The van der Waals surface area contributed by atoms with Gasteiger partial charge in [-0.25, -0.2) is 5.43 Å². The van der Waals surface area contributed by atoms with Crippen molar-refractivity contribution in [1.29, 1.82) is 0 Å². The molecule has 0 saturated heterocycles. The topological polar surface area (TPSA) is 89.0 Å². The Labute approximate surface area is 232 Å². The second-order valence-corrected chi connectivity index (χ2v) is 9.47. The molecule has 1 atom stereocenters. The quantitative estimate of drug-likeness (QED) is 0.163. The number of ether oxygens (including phenoxy) is 2. The Kier molecular flexibility index (Phi) is 10.7. The van der Waals surface area contributed by atoms with Crippen LogP contribution >= 0.6 is 15.9 Å². The second kappa shape index (κ2) is 14.1. The molecule has 3 aromatic rings. The van der Waals surface area contributed by atoms with Gasteiger partial charge in [0.2, 0.25) is 0 Å². The number of carbonyl (C=O) groups excluding carboxylic acids is 2. The van der Waals surface area contributed by atoms with E-state index in [1.54, 1.807) is 31.2 Å². The molecule has 1 unspecified atom stereocenters. The predicted octanol–water partition coefficient (Wildman–Crippen LogP) is 5.73. The van der Waals surface area contributed by atoms with Crippen molar-refractivity contribution >= 4 is 34.0 Å². The molecule has 0 radical (unpaired) electrons. The standard InChI is InChI=1S/C30H32BrN3O4/c1-5-9-24-16-23(17-27(37-6-2)28(24)38-19-22-14-12-20(3)13-15-22)18-32-34-29(35)21(4)33-30(36)25-10-7-8-11-26(25)31/h5,7-8,10-18,21H,1,6,9,19H2,2-4H3,(H,33,36)(H,34,35). The Bertz CT molecular complexity index is 1310. The molecule has 2 N–H and O–H groups in total. The fourth-order valence-corrected chi connectivity index (χ4v) is 4.05. The Morgan fingerprint density at radius 3 is 2.53 bits per heavy atom. The summed E-state index contributed by atoms with van der Waals surface area (Å²) in [5, 5.41) is 6.76. The van der Waals surface area contributed by atoms with Crippen molar-refractivity contribution in [2.75, 3.05) is 6.61 Å². The molecule has 198 valence electrons. The van der Waals surface area contributed by atoms with Crippen molar-refractivity contribution in [3.05, 3.63) is 106 Å². The van der Waals surface area contributed by atoms with Gasteiger partial charge in [0.05, 0.1) is 18.4 Å². The summed E-state index contributed by atoms with van der Waals surface area (Å²) in [6, 6.07) is 18.1. The van der Waals surface area contributed by atoms with E-state index in [0.717, 1.165) is 16.7 Å². The maximum absolute atomic E-state index is 12.5. The van der Waals surface area contributed by atoms with Gasteiger partial charge in [-0.2, -0.15) is 5.10 Å². The summed E-state index contributed by atoms with van der Waals surface area (Å²) in [4.78, 5) is 25.0. The summed E-state index contributed by atoms with van der Waals surface area (Å²) in [6.45, 7) is 10.3. The number of aryl methyl sites for hydroxylation is 1. The smallest absolute Gasteiger partial charge is 0.262 e. The molecule has 0 aromatic heterocycles. The normalized spacial score (nSPS) is 11.6. The monoisotopic (exact) mass is 577 g/mol. The van der Waals surface area contributed by atoms with E-state index in [9.17, 15) is 9.59 Å². The van der Waals surface area contributed by atoms with Crippen LogP contribution in [-0.2, 0) is 17.8 Å². The van der Waals surface area contributed by atoms with Gasteiger partial charge in [-0.1, -0.05) is 48.0 Å². The largest absolute Gasteiger partial charge is 0.490 e. The van der Waals surface area contributed by atoms with Gasteiger partial charge >= 0.3 is 0 Å². The van der Waals surface area contributed by atoms with Crippen LogP contribution in [0.15, 0.2) is 82.9 Å². The highest BCUT2D eigenvalue weighted by Gasteiger charge is 2.18. The van der Waals surface area contributed by atoms with Crippen LogP contribution < -0.4 is 20.2 Å². The third kappa shape index (κ3) is 8.05. The van der Waals surface area contributed by atoms with Gasteiger partial charge in [0, 0.05) is 10.0 Å². The number of benzene rings is 3. The molecule has 2 amide bonds. The fourth-order valence-electron chi connectivity index (χ4n) is 3.58. The summed E-state index contributed by atoms with van der Waals surface area (Å²) in [5.41, 5.74) is 6.78. The number of hydrazone groups is 1. The van der Waals surface area contributed by atoms with Crippen molar-refractivity contribution in [3.63, 3.8) is 0 Å². The molecule has 0 spiro atoms. The number of hydrogen-bond donors (Lipinski definition) is 2. The zero-order valence-electron chi connectivity index (χ0n) is 21.8. The van der Waals surface area contributed by atoms with Crippen molar-refractivity contribution in [2.24, 2.45) is 5.10 Å². The summed E-state index contributed by atoms with van der Waals surface area (Å²) < 4.78 is 12.7. The van der Waals surface area contributed by atoms with E-state index in [4.69, 9.17) is 9.47 Å². The molecule has 0 bridgehead atoms. The van der Waals surface area contributed by atoms with Crippen molar-refractivity contribution in [3.8, 4) is 11.5 Å². The van der Waals surface area contributed by atoms with Gasteiger partial charge < -0.3 is 14.8 Å². The highest BCUT2D eigenvalue weighted by molar-refractivity contribution is 9.10. The van der Waals surface area contributed by atoms with E-state index in [1.165, 1.54) is 11.8 Å². The first kappa shape index (κ1) is 28.7. The maximum atomic E-state index is 12.5. The molecular formula is C30H32BrN3O4. The molecule has 3 rings (SSSR count). The molecule has 3 aromatic carbocycles. The average molecular weight is 579 g/mol. The van der Waals surface area contributed by atoms with E-state index in [1.807, 2.05) is 56.3 Å². The van der Waals surface area contributed by atoms with Crippen LogP contribution in [-0.4, -0.2) is 30.7 Å². The fraction of sp³-hybridized carbons (Fsp3) is 0.233. The molecule has 0 fully saturated rings. The first-order valence-corrected chi connectivity index (χ1v) is 13.1. The number of carbonyl (C=O) groups is 2. The molecule has 0 saturated carbocycles. The Hall–Kier alpha value is -3.91. The third-order valence-electron chi connectivity index (χ3n) is 5.57. The van der Waals surface area contributed by atoms with Gasteiger partial charge in [-0.05, 0) is 78.5 Å². The Balaban J connectivity index is 1.70. The SMILES string of the molecule is C=CCc1cc(C=NNC(=O)C(C)NC(=O)c2ccccc2Br)cc(OCC)c1OCc1ccc(C)cc1. The molecule has 8 heteroatoms. The number of nitrogens with zero attached hydrogens (tertiary/aromatic N) is 1. The van der Waals surface area contributed by atoms with Gasteiger partial charge in [-0.3, -0.25) is 9.59 Å². The van der Waals surface area contributed by atoms with Gasteiger partial charge in [-0.15, -0.1) is 6.58 Å². The summed E-state index contributed by atoms with van der Waals surface area (Å²) in [6.07, 6.45) is 3.89. The van der Waals surface area contributed by atoms with Crippen LogP contribution in [0.1, 0.15) is 46.5 Å². The number of halogens is 1. The second-order valence-electron chi connectivity index (χ2n) is 8.62. The summed E-state index contributed by atoms with van der Waals surface area (Å²) >= 11 is 3.34. The Morgan fingerprint density at radius 1 is 1.11 bits per heavy atom. The van der Waals surface area contributed by atoms with Crippen molar-refractivity contribution in [1.82, 2.24) is 10.7 Å². The molecule has 0 aliphatic carbocycles. The Morgan fingerprint density at radius 2 is 1.84 bits per heavy atom. The van der Waals surface area contributed by atoms with Crippen molar-refractivity contribution < 1.29 is 19.1 Å². The van der Waals surface area contributed by atoms with Crippen LogP contribution in [0.25, 0.3) is 0 Å². The lowest BCUT2D eigenvalue weighted by atomic mass is 10.1. The summed E-state index contributed by atoms with van der Waals surface area (Å²) in [7, 11) is 0. The molecule has 38 heavy (non-hydrogen) atoms. The minimum atomic E-state index is -0.792. The van der Waals surface area contributed by atoms with E-state index in [-0.39, 0.29) is 5.91 Å². The zero-order chi connectivity index (χ0) is 27.5. The number of hydrogen-bond acceptors (Lipinski definition) is 5. The van der Waals surface area contributed by atoms with Crippen LogP contribution in [0.2, 0.25) is 0 Å². The third-order valence-corrected chi connectivity index (χ3v) is 6.26. The highest BCUT2D eigenvalue weighted by Crippen LogP contribution is 2.34. The molecule has 7 nitrogen and oxygen atoms in total. The molecule has 0 heterocycles. The number of amides is 2. The average Bonchev–Trinajstić information content (AvgIpc) is 2.89. The van der Waals surface area contributed by atoms with Crippen LogP contribution in [0, 0.1) is 6.92 Å². The summed E-state index contributed by atoms with van der Waals surface area (Å²) in [5.74, 6) is 0.425. The van der Waals surface area contributed by atoms with Gasteiger partial charge in [0.25, 0.3) is 11.8 Å². The van der Waals surface area contributed by atoms with E-state index in [2.05, 4.69) is 38.4 Å². The lowest BCUT2D eigenvalue weighted by Gasteiger charge is -2.17. The maximum Gasteiger partial charge on any atom is 0.262 e. The minimum absolute atomic E-state index is 0.360. The van der Waals surface area contributed by atoms with E-state index < -0.39 is 11.9 Å². The van der Waals surface area contributed by atoms with Crippen LogP contribution in [0.3, 0.4) is 0 Å². The van der Waals surface area contributed by atoms with Crippen LogP contribution in [0.5, 0.6) is 11.5 Å². The van der Waals surface area contributed by atoms with E-state index >= 15 is 0 Å². The number of nitrogens with one attached hydrogen (secondary N) is 2. The first-order valence-electron chi connectivity index (χ1n) is 12.3. The van der Waals surface area contributed by atoms with E-state index in [0.29, 0.717) is 41.2 Å². The first-order chi connectivity index (χ1) is 18.3. The van der Waals surface area contributed by atoms with Gasteiger partial charge in [0.15, 0.2) is 11.5 Å². The molecule has 0 aliphatic rings. The lowest BCUT2D eigenvalue weighted by molar-refractivity contribution is -0.122. The predicted molar refractivity (Wildman–Crippen MR) is 154 cm³/mol. The zero-order valence-corrected chi connectivity index (χ0v) is 23.4. The number of rotatable bonds is 12. The minimum Gasteiger partial charge on any atom is -0.490 e. The molecular weight excluding hydrogens is 546 g/mol. The van der Waals surface area contributed by atoms with Crippen LogP contribution in [0.4, 0.5) is 0 Å². The van der Waals surface area contributed by atoms with Crippen molar-refractivity contribution in [2.45, 2.75) is 39.8 Å². The number of allylic oxidation sites excluding steroid dienone is 1. The lowest BCUT2D eigenvalue weighted by Crippen LogP contribution is -2.43.